The molecule has 0 saturated carbocycles. The lowest BCUT2D eigenvalue weighted by atomic mass is 10.0. The molecular formula is C8H22N2OSi. The highest BCUT2D eigenvalue weighted by molar-refractivity contribution is 5.75. The average Bonchev–Trinajstić information content (AvgIpc) is 2.33. The molecule has 2 atom stereocenters. The first-order chi connectivity index (χ1) is 5.07. The summed E-state index contributed by atoms with van der Waals surface area (Å²) in [6.45, 7) is 7.18. The molecule has 0 spiro atoms. The fourth-order valence-corrected chi connectivity index (χ4v) is 1.25. The molecule has 0 radical (unpaired) electrons. The summed E-state index contributed by atoms with van der Waals surface area (Å²) < 4.78 is 0. The number of nitrogens with two attached hydrogens (primary N) is 1. The summed E-state index contributed by atoms with van der Waals surface area (Å²) >= 11 is 0. The first-order valence-corrected chi connectivity index (χ1v) is 4.29. The van der Waals surface area contributed by atoms with E-state index in [9.17, 15) is 0 Å². The zero-order valence-corrected chi connectivity index (χ0v) is 7.63. The van der Waals surface area contributed by atoms with Gasteiger partial charge < -0.3 is 5.73 Å². The van der Waals surface area contributed by atoms with E-state index < -0.39 is 0 Å². The Bertz CT molecular complexity index is 143. The van der Waals surface area contributed by atoms with Crippen LogP contribution in [0.15, 0.2) is 0 Å². The fraction of sp³-hybridized carbons (Fsp3) is 1.00. The van der Waals surface area contributed by atoms with Gasteiger partial charge in [0.05, 0.1) is 11.8 Å². The highest BCUT2D eigenvalue weighted by Gasteiger charge is 2.34. The highest BCUT2D eigenvalue weighted by atomic mass is 28.1. The maximum absolute atomic E-state index is 5.67. The van der Waals surface area contributed by atoms with Gasteiger partial charge in [-0.15, -0.1) is 0 Å². The predicted molar refractivity (Wildman–Crippen MR) is 56.1 cm³/mol. The maximum atomic E-state index is 5.67. The van der Waals surface area contributed by atoms with Gasteiger partial charge in [0.25, 0.3) is 0 Å². The van der Waals surface area contributed by atoms with Gasteiger partial charge in [0, 0.05) is 6.54 Å². The third-order valence-corrected chi connectivity index (χ3v) is 2.40. The molecule has 0 amide bonds. The van der Waals surface area contributed by atoms with Crippen molar-refractivity contribution >= 4 is 11.0 Å². The Labute approximate surface area is 79.2 Å². The Morgan fingerprint density at radius 2 is 2.25 bits per heavy atom. The molecule has 0 bridgehead atoms. The average molecular weight is 190 g/mol. The molecule has 2 unspecified atom stereocenters. The van der Waals surface area contributed by atoms with Crippen LogP contribution in [0.1, 0.15) is 33.6 Å². The number of hydroxylamine groups is 2. The van der Waals surface area contributed by atoms with Crippen molar-refractivity contribution in [2.75, 3.05) is 6.54 Å². The van der Waals surface area contributed by atoms with Gasteiger partial charge in [0.1, 0.15) is 0 Å². The van der Waals surface area contributed by atoms with Gasteiger partial charge in [0.2, 0.25) is 0 Å². The van der Waals surface area contributed by atoms with Crippen LogP contribution in [-0.4, -0.2) is 34.3 Å². The van der Waals surface area contributed by atoms with E-state index in [1.165, 1.54) is 0 Å². The zero-order chi connectivity index (χ0) is 8.48. The SMILES string of the molecule is CCC1(C)CCN(C(C)N)O1.[SiH4]. The Hall–Kier alpha value is 0.0969. The second-order valence-electron chi connectivity index (χ2n) is 3.53. The van der Waals surface area contributed by atoms with Crippen LogP contribution >= 0.6 is 0 Å². The highest BCUT2D eigenvalue weighted by Crippen LogP contribution is 2.28. The van der Waals surface area contributed by atoms with Crippen molar-refractivity contribution in [1.82, 2.24) is 5.06 Å². The zero-order valence-electron chi connectivity index (χ0n) is 7.63. The van der Waals surface area contributed by atoms with Crippen LogP contribution in [-0.2, 0) is 4.84 Å². The van der Waals surface area contributed by atoms with Crippen LogP contribution in [0.5, 0.6) is 0 Å². The molecule has 0 aromatic heterocycles. The fourth-order valence-electron chi connectivity index (χ4n) is 1.25. The minimum absolute atomic E-state index is 0. The van der Waals surface area contributed by atoms with Gasteiger partial charge >= 0.3 is 0 Å². The summed E-state index contributed by atoms with van der Waals surface area (Å²) in [6.07, 6.45) is 2.16. The minimum Gasteiger partial charge on any atom is -0.314 e. The molecule has 2 N–H and O–H groups in total. The number of nitrogens with zero attached hydrogens (tertiary/aromatic N) is 1. The summed E-state index contributed by atoms with van der Waals surface area (Å²) in [5, 5.41) is 1.86. The van der Waals surface area contributed by atoms with Crippen molar-refractivity contribution in [3.05, 3.63) is 0 Å². The van der Waals surface area contributed by atoms with Crippen LogP contribution in [0, 0.1) is 0 Å². The summed E-state index contributed by atoms with van der Waals surface area (Å²) in [5.41, 5.74) is 5.71. The third-order valence-electron chi connectivity index (χ3n) is 2.40. The van der Waals surface area contributed by atoms with Crippen LogP contribution in [0.3, 0.4) is 0 Å². The Balaban J connectivity index is 0.00000121. The molecule has 1 fully saturated rings. The molecule has 4 heteroatoms. The van der Waals surface area contributed by atoms with Crippen LogP contribution in [0.4, 0.5) is 0 Å². The smallest absolute Gasteiger partial charge is 0.0883 e. The Morgan fingerprint density at radius 3 is 2.50 bits per heavy atom. The number of hydrogen-bond acceptors (Lipinski definition) is 3. The topological polar surface area (TPSA) is 38.5 Å². The van der Waals surface area contributed by atoms with Gasteiger partial charge in [0.15, 0.2) is 0 Å². The molecule has 0 aromatic rings. The van der Waals surface area contributed by atoms with Crippen LogP contribution < -0.4 is 5.73 Å². The molecule has 0 aliphatic carbocycles. The quantitative estimate of drug-likeness (QED) is 0.605. The molecule has 74 valence electrons. The largest absolute Gasteiger partial charge is 0.314 e. The summed E-state index contributed by atoms with van der Waals surface area (Å²) in [5.74, 6) is 0. The maximum Gasteiger partial charge on any atom is 0.0883 e. The van der Waals surface area contributed by atoms with Crippen LogP contribution in [0.2, 0.25) is 0 Å². The molecule has 1 heterocycles. The van der Waals surface area contributed by atoms with Gasteiger partial charge in [-0.3, -0.25) is 4.84 Å². The van der Waals surface area contributed by atoms with E-state index in [0.717, 1.165) is 19.4 Å². The van der Waals surface area contributed by atoms with E-state index in [1.54, 1.807) is 0 Å². The lowest BCUT2D eigenvalue weighted by Gasteiger charge is -2.25. The normalized spacial score (nSPS) is 33.0. The predicted octanol–water partition coefficient (Wildman–Crippen LogP) is -0.355. The summed E-state index contributed by atoms with van der Waals surface area (Å²) in [4.78, 5) is 5.67. The van der Waals surface area contributed by atoms with E-state index in [0.29, 0.717) is 0 Å². The number of hydrogen-bond donors (Lipinski definition) is 1. The molecule has 3 nitrogen and oxygen atoms in total. The van der Waals surface area contributed by atoms with E-state index in [1.807, 2.05) is 12.0 Å². The second-order valence-corrected chi connectivity index (χ2v) is 3.53. The van der Waals surface area contributed by atoms with Crippen molar-refractivity contribution < 1.29 is 4.84 Å². The molecule has 12 heavy (non-hydrogen) atoms. The molecule has 1 saturated heterocycles. The monoisotopic (exact) mass is 190 g/mol. The van der Waals surface area contributed by atoms with Gasteiger partial charge in [-0.2, -0.15) is 5.06 Å². The van der Waals surface area contributed by atoms with Crippen LogP contribution in [0.25, 0.3) is 0 Å². The molecule has 0 aromatic carbocycles. The lowest BCUT2D eigenvalue weighted by Crippen LogP contribution is -2.38. The second kappa shape index (κ2) is 4.37. The lowest BCUT2D eigenvalue weighted by molar-refractivity contribution is -0.205. The van der Waals surface area contributed by atoms with Gasteiger partial charge in [-0.05, 0) is 37.7 Å². The van der Waals surface area contributed by atoms with Crippen molar-refractivity contribution in [2.45, 2.75) is 45.4 Å². The first kappa shape index (κ1) is 12.1. The minimum atomic E-state index is 0. The van der Waals surface area contributed by atoms with Crippen molar-refractivity contribution in [1.29, 1.82) is 0 Å². The van der Waals surface area contributed by atoms with E-state index in [2.05, 4.69) is 13.8 Å². The van der Waals surface area contributed by atoms with Gasteiger partial charge in [-0.25, -0.2) is 0 Å². The van der Waals surface area contributed by atoms with Crippen molar-refractivity contribution in [3.8, 4) is 0 Å². The third kappa shape index (κ3) is 2.55. The van der Waals surface area contributed by atoms with E-state index >= 15 is 0 Å². The van der Waals surface area contributed by atoms with Crippen molar-refractivity contribution in [3.63, 3.8) is 0 Å². The number of rotatable bonds is 2. The Kier molecular flexibility index (Phi) is 4.40. The standard InChI is InChI=1S/C8H18N2O.H4Si/c1-4-8(3)5-6-10(11-8)7(2)9;/h7H,4-6,9H2,1-3H3;1H4. The van der Waals surface area contributed by atoms with Gasteiger partial charge in [-0.1, -0.05) is 6.92 Å². The summed E-state index contributed by atoms with van der Waals surface area (Å²) in [6, 6.07) is 0. The van der Waals surface area contributed by atoms with Crippen molar-refractivity contribution in [2.24, 2.45) is 5.73 Å². The molecule has 1 aliphatic heterocycles. The molecular weight excluding hydrogens is 168 g/mol. The van der Waals surface area contributed by atoms with E-state index in [-0.39, 0.29) is 22.7 Å². The Morgan fingerprint density at radius 1 is 1.67 bits per heavy atom. The molecule has 1 rings (SSSR count). The van der Waals surface area contributed by atoms with E-state index in [4.69, 9.17) is 10.6 Å². The molecule has 1 aliphatic rings. The first-order valence-electron chi connectivity index (χ1n) is 4.29. The summed E-state index contributed by atoms with van der Waals surface area (Å²) in [7, 11) is 0.